The number of aryl methyl sites for hydroxylation is 1. The van der Waals surface area contributed by atoms with Gasteiger partial charge in [0, 0.05) is 34.7 Å². The van der Waals surface area contributed by atoms with Crippen LogP contribution >= 0.6 is 0 Å². The Morgan fingerprint density at radius 3 is 1.37 bits per heavy atom. The van der Waals surface area contributed by atoms with Gasteiger partial charge in [0.05, 0.1) is 33.1 Å². The van der Waals surface area contributed by atoms with Gasteiger partial charge in [-0.1, -0.05) is 170 Å². The van der Waals surface area contributed by atoms with Crippen molar-refractivity contribution in [1.29, 1.82) is 0 Å². The third-order valence-corrected chi connectivity index (χ3v) is 13.2. The molecule has 4 aromatic heterocycles. The molecule has 6 heteroatoms. The molecule has 0 aliphatic carbocycles. The Hall–Kier alpha value is -9.00. The van der Waals surface area contributed by atoms with Crippen LogP contribution in [-0.2, 0) is 7.05 Å². The van der Waals surface area contributed by atoms with E-state index < -0.39 is 0 Å². The molecule has 6 nitrogen and oxygen atoms in total. The lowest BCUT2D eigenvalue weighted by molar-refractivity contribution is 0.462. The minimum Gasteiger partial charge on any atom is -0.439 e. The summed E-state index contributed by atoms with van der Waals surface area (Å²) in [4.78, 5) is 10.5. The minimum atomic E-state index is 0.519. The number of aromatic nitrogens is 5. The fourth-order valence-electron chi connectivity index (χ4n) is 9.85. The molecule has 13 aromatic rings. The van der Waals surface area contributed by atoms with E-state index in [2.05, 4.69) is 209 Å². The van der Waals surface area contributed by atoms with Crippen molar-refractivity contribution < 1.29 is 4.74 Å². The van der Waals surface area contributed by atoms with Crippen molar-refractivity contribution in [1.82, 2.24) is 23.7 Å². The van der Waals surface area contributed by atoms with Crippen molar-refractivity contribution >= 4 is 54.6 Å². The topological polar surface area (TPSA) is 49.8 Å². The number of fused-ring (bicyclic) bond motifs is 7. The van der Waals surface area contributed by atoms with Crippen LogP contribution in [0.3, 0.4) is 0 Å². The van der Waals surface area contributed by atoms with Crippen LogP contribution in [-0.4, -0.2) is 23.7 Å². The molecule has 13 rings (SSSR count). The highest BCUT2D eigenvalue weighted by atomic mass is 16.5. The smallest absolute Gasteiger partial charge is 0.221 e. The summed E-state index contributed by atoms with van der Waals surface area (Å²) in [6.07, 6.45) is 0. The van der Waals surface area contributed by atoms with Gasteiger partial charge in [0.2, 0.25) is 11.8 Å². The van der Waals surface area contributed by atoms with E-state index >= 15 is 0 Å². The zero-order valence-electron chi connectivity index (χ0n) is 36.6. The third kappa shape index (κ3) is 6.57. The molecule has 0 saturated carbocycles. The second-order valence-corrected chi connectivity index (χ2v) is 17.1. The largest absolute Gasteiger partial charge is 0.439 e. The van der Waals surface area contributed by atoms with E-state index in [0.29, 0.717) is 5.88 Å². The summed E-state index contributed by atoms with van der Waals surface area (Å²) in [5, 5.41) is 4.57. The van der Waals surface area contributed by atoms with Crippen molar-refractivity contribution in [3.63, 3.8) is 0 Å². The lowest BCUT2D eigenvalue weighted by atomic mass is 9.99. The second kappa shape index (κ2) is 15.6. The first-order chi connectivity index (χ1) is 33.1. The molecule has 0 fully saturated rings. The molecule has 0 N–H and O–H groups in total. The van der Waals surface area contributed by atoms with Gasteiger partial charge in [0.25, 0.3) is 0 Å². The van der Waals surface area contributed by atoms with Gasteiger partial charge in [-0.3, -0.25) is 9.13 Å². The number of rotatable bonds is 8. The van der Waals surface area contributed by atoms with E-state index in [1.54, 1.807) is 0 Å². The van der Waals surface area contributed by atoms with Gasteiger partial charge in [-0.2, -0.15) is 4.98 Å². The molecule has 4 heterocycles. The molecule has 0 aliphatic heterocycles. The van der Waals surface area contributed by atoms with E-state index in [1.165, 1.54) is 22.3 Å². The molecule has 9 aromatic carbocycles. The quantitative estimate of drug-likeness (QED) is 0.153. The highest BCUT2D eigenvalue weighted by Gasteiger charge is 2.23. The predicted octanol–water partition coefficient (Wildman–Crippen LogP) is 15.6. The SMILES string of the molecule is Cn1c(-n2c3cc(-c4ccc(-c5ccccc5)cc4)ccc3c3cc4c5ccc(-c6ccc(-c7ccccc7)cc6)cc5n(-c5cccc(Oc6ccccc6)n5)c4cc32)nc2ccccc21. The maximum Gasteiger partial charge on any atom is 0.221 e. The highest BCUT2D eigenvalue weighted by molar-refractivity contribution is 6.19. The van der Waals surface area contributed by atoms with E-state index in [-0.39, 0.29) is 0 Å². The van der Waals surface area contributed by atoms with E-state index in [1.807, 2.05) is 42.5 Å². The van der Waals surface area contributed by atoms with Gasteiger partial charge >= 0.3 is 0 Å². The molecule has 0 amide bonds. The third-order valence-electron chi connectivity index (χ3n) is 13.2. The summed E-state index contributed by atoms with van der Waals surface area (Å²) >= 11 is 0. The average molecular weight is 860 g/mol. The second-order valence-electron chi connectivity index (χ2n) is 17.1. The maximum absolute atomic E-state index is 6.35. The van der Waals surface area contributed by atoms with Crippen molar-refractivity contribution in [2.24, 2.45) is 7.05 Å². The van der Waals surface area contributed by atoms with Crippen LogP contribution in [0, 0.1) is 0 Å². The number of para-hydroxylation sites is 3. The van der Waals surface area contributed by atoms with Crippen molar-refractivity contribution in [2.45, 2.75) is 0 Å². The fraction of sp³-hybridized carbons (Fsp3) is 0.0164. The zero-order chi connectivity index (χ0) is 44.4. The molecular weight excluding hydrogens is 819 g/mol. The minimum absolute atomic E-state index is 0.519. The molecule has 0 aliphatic rings. The van der Waals surface area contributed by atoms with Crippen LogP contribution in [0.25, 0.3) is 111 Å². The Morgan fingerprint density at radius 2 is 0.791 bits per heavy atom. The fourth-order valence-corrected chi connectivity index (χ4v) is 9.85. The Labute approximate surface area is 386 Å². The first-order valence-electron chi connectivity index (χ1n) is 22.6. The summed E-state index contributed by atoms with van der Waals surface area (Å²) in [7, 11) is 2.11. The average Bonchev–Trinajstić information content (AvgIpc) is 4.01. The number of benzene rings is 9. The van der Waals surface area contributed by atoms with E-state index in [4.69, 9.17) is 14.7 Å². The summed E-state index contributed by atoms with van der Waals surface area (Å²) in [6, 6.07) is 81.4. The molecule has 0 spiro atoms. The van der Waals surface area contributed by atoms with Crippen molar-refractivity contribution in [3.05, 3.63) is 231 Å². The van der Waals surface area contributed by atoms with Gasteiger partial charge in [-0.25, -0.2) is 4.98 Å². The van der Waals surface area contributed by atoms with Gasteiger partial charge in [-0.15, -0.1) is 0 Å². The van der Waals surface area contributed by atoms with Crippen LogP contribution in [0.5, 0.6) is 11.6 Å². The number of ether oxygens (including phenoxy) is 1. The first kappa shape index (κ1) is 38.5. The summed E-state index contributed by atoms with van der Waals surface area (Å²) in [5.74, 6) is 2.86. The predicted molar refractivity (Wildman–Crippen MR) is 275 cm³/mol. The van der Waals surface area contributed by atoms with E-state index in [9.17, 15) is 0 Å². The number of hydrogen-bond acceptors (Lipinski definition) is 3. The van der Waals surface area contributed by atoms with Crippen LogP contribution in [0.1, 0.15) is 0 Å². The normalized spacial score (nSPS) is 11.7. The number of hydrogen-bond donors (Lipinski definition) is 0. The van der Waals surface area contributed by atoms with Gasteiger partial charge in [0.1, 0.15) is 11.6 Å². The molecule has 316 valence electrons. The zero-order valence-corrected chi connectivity index (χ0v) is 36.6. The van der Waals surface area contributed by atoms with Crippen molar-refractivity contribution in [2.75, 3.05) is 0 Å². The number of pyridine rings is 1. The molecule has 0 saturated heterocycles. The van der Waals surface area contributed by atoms with Crippen LogP contribution in [0.4, 0.5) is 0 Å². The number of imidazole rings is 1. The summed E-state index contributed by atoms with van der Waals surface area (Å²) < 4.78 is 13.2. The van der Waals surface area contributed by atoms with E-state index in [0.717, 1.165) is 94.4 Å². The Bertz CT molecular complexity index is 3980. The van der Waals surface area contributed by atoms with Crippen molar-refractivity contribution in [3.8, 4) is 67.9 Å². The summed E-state index contributed by atoms with van der Waals surface area (Å²) in [5.41, 5.74) is 15.6. The molecule has 0 radical (unpaired) electrons. The van der Waals surface area contributed by atoms with Crippen LogP contribution in [0.2, 0.25) is 0 Å². The molecule has 0 bridgehead atoms. The first-order valence-corrected chi connectivity index (χ1v) is 22.6. The van der Waals surface area contributed by atoms with Gasteiger partial charge in [0.15, 0.2) is 0 Å². The lowest BCUT2D eigenvalue weighted by Crippen LogP contribution is -2.03. The van der Waals surface area contributed by atoms with Crippen LogP contribution < -0.4 is 4.74 Å². The monoisotopic (exact) mass is 859 g/mol. The van der Waals surface area contributed by atoms with Crippen LogP contribution in [0.15, 0.2) is 231 Å². The molecule has 0 unspecified atom stereocenters. The van der Waals surface area contributed by atoms with Gasteiger partial charge < -0.3 is 9.30 Å². The molecule has 67 heavy (non-hydrogen) atoms. The van der Waals surface area contributed by atoms with Gasteiger partial charge in [-0.05, 0) is 99.1 Å². The highest BCUT2D eigenvalue weighted by Crippen LogP contribution is 2.42. The molecular formula is C61H41N5O. The molecule has 0 atom stereocenters. The lowest BCUT2D eigenvalue weighted by Gasteiger charge is -2.12. The standard InChI is InChI=1S/C61H41N5O/c1-64-54-21-12-11-20-53(54)62-61(64)66-56-37-47(45-30-26-43(27-31-45)41-16-7-3-8-17-41)33-35-50(56)52-38-51-49-34-32-46(44-28-24-42(25-29-44)40-14-5-2-6-15-40)36-55(49)65(57(51)39-58(52)66)59-22-13-23-60(63-59)67-48-18-9-4-10-19-48/h2-39H,1H3. The number of nitrogens with zero attached hydrogens (tertiary/aromatic N) is 5. The maximum atomic E-state index is 6.35. The Balaban J connectivity index is 1.05. The Morgan fingerprint density at radius 1 is 0.328 bits per heavy atom. The summed E-state index contributed by atoms with van der Waals surface area (Å²) in [6.45, 7) is 0. The Kier molecular flexibility index (Phi) is 8.96.